The summed E-state index contributed by atoms with van der Waals surface area (Å²) in [4.78, 5) is 22.6. The van der Waals surface area contributed by atoms with Crippen LogP contribution in [-0.2, 0) is 23.1 Å². The van der Waals surface area contributed by atoms with Crippen LogP contribution in [-0.4, -0.2) is 62.0 Å². The molecular formula is C18H21N7O5S. The maximum atomic E-state index is 12.3. The smallest absolute Gasteiger partial charge is 0.269 e. The Morgan fingerprint density at radius 3 is 2.65 bits per heavy atom. The molecule has 3 aromatic rings. The first-order valence-electron chi connectivity index (χ1n) is 9.10. The molecule has 164 valence electrons. The van der Waals surface area contributed by atoms with Crippen LogP contribution in [0.25, 0.3) is 11.4 Å². The quantitative estimate of drug-likeness (QED) is 0.281. The van der Waals surface area contributed by atoms with Crippen molar-refractivity contribution in [2.24, 2.45) is 7.05 Å². The molecular weight excluding hydrogens is 426 g/mol. The van der Waals surface area contributed by atoms with Crippen LogP contribution >= 0.6 is 11.8 Å². The van der Waals surface area contributed by atoms with Crippen LogP contribution in [0.15, 0.2) is 35.6 Å². The van der Waals surface area contributed by atoms with Crippen molar-refractivity contribution < 1.29 is 19.2 Å². The Bertz CT molecular complexity index is 1060. The van der Waals surface area contributed by atoms with Crippen molar-refractivity contribution in [2.75, 3.05) is 31.9 Å². The lowest BCUT2D eigenvalue weighted by atomic mass is 10.3. The molecule has 12 nitrogen and oxygen atoms in total. The van der Waals surface area contributed by atoms with E-state index in [1.165, 1.54) is 43.1 Å². The molecule has 13 heteroatoms. The van der Waals surface area contributed by atoms with E-state index in [0.29, 0.717) is 41.3 Å². The summed E-state index contributed by atoms with van der Waals surface area (Å²) in [6.07, 6.45) is 1.78. The number of aromatic nitrogens is 5. The van der Waals surface area contributed by atoms with Crippen molar-refractivity contribution in [3.05, 3.63) is 40.6 Å². The van der Waals surface area contributed by atoms with Gasteiger partial charge in [0.2, 0.25) is 11.8 Å². The number of hydrogen-bond acceptors (Lipinski definition) is 9. The zero-order chi connectivity index (χ0) is 22.4. The molecule has 0 saturated heterocycles. The molecule has 31 heavy (non-hydrogen) atoms. The molecule has 0 saturated carbocycles. The molecule has 1 N–H and O–H groups in total. The second-order valence-electron chi connectivity index (χ2n) is 6.32. The lowest BCUT2D eigenvalue weighted by molar-refractivity contribution is -0.384. The lowest BCUT2D eigenvalue weighted by Crippen LogP contribution is -2.15. The van der Waals surface area contributed by atoms with Crippen molar-refractivity contribution >= 4 is 29.0 Å². The molecule has 0 aliphatic carbocycles. The number of nitrogens with zero attached hydrogens (tertiary/aromatic N) is 6. The molecule has 2 heterocycles. The van der Waals surface area contributed by atoms with E-state index in [0.717, 1.165) is 0 Å². The molecule has 0 bridgehead atoms. The number of nitrogens with one attached hydrogen (secondary N) is 1. The summed E-state index contributed by atoms with van der Waals surface area (Å²) >= 11 is 1.21. The number of nitro benzene ring substituents is 1. The number of nitro groups is 1. The number of aryl methyl sites for hydroxylation is 1. The molecule has 0 aliphatic rings. The van der Waals surface area contributed by atoms with Gasteiger partial charge in [0.05, 0.1) is 30.9 Å². The van der Waals surface area contributed by atoms with Crippen molar-refractivity contribution in [3.63, 3.8) is 0 Å². The molecule has 2 aromatic heterocycles. The topological polar surface area (TPSA) is 139 Å². The van der Waals surface area contributed by atoms with Crippen LogP contribution in [0.1, 0.15) is 0 Å². The third kappa shape index (κ3) is 5.38. The third-order valence-corrected chi connectivity index (χ3v) is 5.13. The Kier molecular flexibility index (Phi) is 7.20. The molecule has 1 amide bonds. The van der Waals surface area contributed by atoms with E-state index in [9.17, 15) is 14.9 Å². The van der Waals surface area contributed by atoms with Crippen LogP contribution in [0.2, 0.25) is 0 Å². The standard InChI is InChI=1S/C18H21N7O5S/c1-23-10-14(17(22-23)30-3)16-20-21-18(24(16)8-9-29-2)31-11-15(26)19-12-4-6-13(7-5-12)25(27)28/h4-7,10H,8-9,11H2,1-3H3,(H,19,26). The summed E-state index contributed by atoms with van der Waals surface area (Å²) in [6.45, 7) is 0.902. The number of amides is 1. The monoisotopic (exact) mass is 447 g/mol. The number of carbonyl (C=O) groups excluding carboxylic acids is 1. The molecule has 0 aliphatic heterocycles. The predicted molar refractivity (Wildman–Crippen MR) is 113 cm³/mol. The van der Waals surface area contributed by atoms with E-state index >= 15 is 0 Å². The Hall–Kier alpha value is -3.45. The fourth-order valence-electron chi connectivity index (χ4n) is 2.74. The van der Waals surface area contributed by atoms with Crippen LogP contribution < -0.4 is 10.1 Å². The van der Waals surface area contributed by atoms with E-state index in [1.54, 1.807) is 25.0 Å². The summed E-state index contributed by atoms with van der Waals surface area (Å²) in [5.74, 6) is 0.772. The van der Waals surface area contributed by atoms with Gasteiger partial charge in [0.15, 0.2) is 11.0 Å². The fourth-order valence-corrected chi connectivity index (χ4v) is 3.51. The fraction of sp³-hybridized carbons (Fsp3) is 0.333. The minimum atomic E-state index is -0.497. The average Bonchev–Trinajstić information content (AvgIpc) is 3.33. The number of rotatable bonds is 10. The zero-order valence-corrected chi connectivity index (χ0v) is 18.0. The average molecular weight is 447 g/mol. The van der Waals surface area contributed by atoms with Gasteiger partial charge in [-0.15, -0.1) is 15.3 Å². The first kappa shape index (κ1) is 22.2. The highest BCUT2D eigenvalue weighted by atomic mass is 32.2. The van der Waals surface area contributed by atoms with E-state index in [-0.39, 0.29) is 17.3 Å². The van der Waals surface area contributed by atoms with Gasteiger partial charge in [-0.1, -0.05) is 11.8 Å². The van der Waals surface area contributed by atoms with Gasteiger partial charge in [-0.05, 0) is 12.1 Å². The van der Waals surface area contributed by atoms with Crippen molar-refractivity contribution in [2.45, 2.75) is 11.7 Å². The predicted octanol–water partition coefficient (Wildman–Crippen LogP) is 1.97. The van der Waals surface area contributed by atoms with Crippen molar-refractivity contribution in [3.8, 4) is 17.3 Å². The molecule has 1 aromatic carbocycles. The summed E-state index contributed by atoms with van der Waals surface area (Å²) in [5, 5.41) is 26.7. The summed E-state index contributed by atoms with van der Waals surface area (Å²) < 4.78 is 14.0. The van der Waals surface area contributed by atoms with Gasteiger partial charge in [0.25, 0.3) is 5.69 Å². The molecule has 0 spiro atoms. The van der Waals surface area contributed by atoms with E-state index in [4.69, 9.17) is 9.47 Å². The first-order chi connectivity index (χ1) is 14.9. The van der Waals surface area contributed by atoms with Crippen LogP contribution in [0.4, 0.5) is 11.4 Å². The molecule has 0 radical (unpaired) electrons. The highest BCUT2D eigenvalue weighted by Gasteiger charge is 2.21. The zero-order valence-electron chi connectivity index (χ0n) is 17.1. The van der Waals surface area contributed by atoms with Crippen LogP contribution in [0, 0.1) is 10.1 Å². The van der Waals surface area contributed by atoms with Gasteiger partial charge < -0.3 is 14.8 Å². The van der Waals surface area contributed by atoms with Gasteiger partial charge in [-0.25, -0.2) is 0 Å². The number of hydrogen-bond donors (Lipinski definition) is 1. The van der Waals surface area contributed by atoms with Gasteiger partial charge >= 0.3 is 0 Å². The SMILES string of the molecule is COCCn1c(SCC(=O)Nc2ccc([N+](=O)[O-])cc2)nnc1-c1cn(C)nc1OC. The Morgan fingerprint density at radius 1 is 1.26 bits per heavy atom. The van der Waals surface area contributed by atoms with Crippen LogP contribution in [0.3, 0.4) is 0 Å². The van der Waals surface area contributed by atoms with Gasteiger partial charge in [0.1, 0.15) is 5.56 Å². The maximum Gasteiger partial charge on any atom is 0.269 e. The molecule has 0 atom stereocenters. The van der Waals surface area contributed by atoms with Gasteiger partial charge in [-0.2, -0.15) is 0 Å². The maximum absolute atomic E-state index is 12.3. The largest absolute Gasteiger partial charge is 0.479 e. The Morgan fingerprint density at radius 2 is 2.00 bits per heavy atom. The molecule has 3 rings (SSSR count). The number of methoxy groups -OCH3 is 2. The highest BCUT2D eigenvalue weighted by Crippen LogP contribution is 2.30. The van der Waals surface area contributed by atoms with E-state index in [1.807, 2.05) is 4.57 Å². The normalized spacial score (nSPS) is 10.8. The minimum absolute atomic E-state index is 0.0445. The van der Waals surface area contributed by atoms with Crippen molar-refractivity contribution in [1.82, 2.24) is 24.5 Å². The number of non-ortho nitro benzene ring substituents is 1. The number of anilines is 1. The number of benzene rings is 1. The minimum Gasteiger partial charge on any atom is -0.479 e. The lowest BCUT2D eigenvalue weighted by Gasteiger charge is -2.09. The second kappa shape index (κ2) is 10.0. The Balaban J connectivity index is 1.72. The van der Waals surface area contributed by atoms with Crippen molar-refractivity contribution in [1.29, 1.82) is 0 Å². The number of thioether (sulfide) groups is 1. The Labute approximate surface area is 181 Å². The third-order valence-electron chi connectivity index (χ3n) is 4.16. The number of ether oxygens (including phenoxy) is 2. The molecule has 0 fully saturated rings. The van der Waals surface area contributed by atoms with Crippen LogP contribution in [0.5, 0.6) is 5.88 Å². The number of carbonyl (C=O) groups is 1. The summed E-state index contributed by atoms with van der Waals surface area (Å²) in [6, 6.07) is 5.62. The summed E-state index contributed by atoms with van der Waals surface area (Å²) in [7, 11) is 4.90. The first-order valence-corrected chi connectivity index (χ1v) is 10.1. The second-order valence-corrected chi connectivity index (χ2v) is 7.26. The highest BCUT2D eigenvalue weighted by molar-refractivity contribution is 7.99. The van der Waals surface area contributed by atoms with Gasteiger partial charge in [-0.3, -0.25) is 24.2 Å². The van der Waals surface area contributed by atoms with E-state index in [2.05, 4.69) is 20.6 Å². The van der Waals surface area contributed by atoms with E-state index < -0.39 is 4.92 Å². The summed E-state index contributed by atoms with van der Waals surface area (Å²) in [5.41, 5.74) is 1.10. The van der Waals surface area contributed by atoms with Gasteiger partial charge in [0, 0.05) is 38.2 Å². The molecule has 0 unspecified atom stereocenters.